The van der Waals surface area contributed by atoms with Crippen molar-refractivity contribution in [3.8, 4) is 5.75 Å². The molecule has 0 saturated carbocycles. The minimum atomic E-state index is -0.324. The van der Waals surface area contributed by atoms with Crippen molar-refractivity contribution in [1.82, 2.24) is 10.2 Å². The van der Waals surface area contributed by atoms with Crippen molar-refractivity contribution >= 4 is 23.1 Å². The van der Waals surface area contributed by atoms with Crippen LogP contribution in [0.4, 0.5) is 17.2 Å². The first-order valence-corrected chi connectivity index (χ1v) is 7.75. The van der Waals surface area contributed by atoms with Gasteiger partial charge in [-0.15, -0.1) is 10.2 Å². The zero-order valence-corrected chi connectivity index (χ0v) is 14.0. The molecule has 1 amide bonds. The zero-order chi connectivity index (χ0) is 17.6. The molecule has 126 valence electrons. The molecular weight excluding hydrogens is 316 g/mol. The molecule has 0 aliphatic carbocycles. The van der Waals surface area contributed by atoms with Crippen LogP contribution in [0.2, 0.25) is 0 Å². The second-order valence-electron chi connectivity index (χ2n) is 5.36. The average molecular weight is 334 g/mol. The van der Waals surface area contributed by atoms with Gasteiger partial charge in [-0.1, -0.05) is 24.3 Å². The van der Waals surface area contributed by atoms with Gasteiger partial charge >= 0.3 is 0 Å². The van der Waals surface area contributed by atoms with Gasteiger partial charge in [-0.2, -0.15) is 0 Å². The summed E-state index contributed by atoms with van der Waals surface area (Å²) in [6.45, 7) is 0. The van der Waals surface area contributed by atoms with Gasteiger partial charge in [0.1, 0.15) is 5.75 Å². The normalized spacial score (nSPS) is 10.2. The van der Waals surface area contributed by atoms with Crippen LogP contribution in [0.3, 0.4) is 0 Å². The van der Waals surface area contributed by atoms with Crippen LogP contribution in [0, 0.1) is 0 Å². The highest BCUT2D eigenvalue weighted by molar-refractivity contribution is 6.02. The molecule has 6 heteroatoms. The third-order valence-electron chi connectivity index (χ3n) is 3.70. The van der Waals surface area contributed by atoms with Crippen LogP contribution in [0.1, 0.15) is 10.5 Å². The van der Waals surface area contributed by atoms with Crippen LogP contribution < -0.4 is 15.0 Å². The Morgan fingerprint density at radius 1 is 1.00 bits per heavy atom. The molecular formula is C19H18N4O2. The van der Waals surface area contributed by atoms with E-state index in [1.165, 1.54) is 0 Å². The first kappa shape index (κ1) is 16.4. The number of ether oxygens (including phenoxy) is 1. The van der Waals surface area contributed by atoms with Gasteiger partial charge in [-0.05, 0) is 36.4 Å². The molecule has 0 aliphatic heterocycles. The number of carbonyl (C=O) groups excluding carboxylic acids is 1. The summed E-state index contributed by atoms with van der Waals surface area (Å²) in [5, 5.41) is 10.9. The Kier molecular flexibility index (Phi) is 4.89. The second kappa shape index (κ2) is 7.44. The molecule has 2 aromatic carbocycles. The maximum atomic E-state index is 12.3. The maximum Gasteiger partial charge on any atom is 0.276 e. The van der Waals surface area contributed by atoms with Crippen LogP contribution in [-0.2, 0) is 0 Å². The van der Waals surface area contributed by atoms with Crippen molar-refractivity contribution in [2.24, 2.45) is 0 Å². The molecule has 1 aromatic heterocycles. The fourth-order valence-electron chi connectivity index (χ4n) is 2.31. The number of nitrogens with one attached hydrogen (secondary N) is 1. The highest BCUT2D eigenvalue weighted by atomic mass is 16.5. The molecule has 6 nitrogen and oxygen atoms in total. The summed E-state index contributed by atoms with van der Waals surface area (Å²) in [5.41, 5.74) is 1.87. The van der Waals surface area contributed by atoms with E-state index in [1.807, 2.05) is 48.3 Å². The largest absolute Gasteiger partial charge is 0.497 e. The van der Waals surface area contributed by atoms with E-state index in [0.29, 0.717) is 17.3 Å². The summed E-state index contributed by atoms with van der Waals surface area (Å²) in [7, 11) is 3.48. The van der Waals surface area contributed by atoms with Crippen molar-refractivity contribution in [2.45, 2.75) is 0 Å². The molecule has 0 unspecified atom stereocenters. The summed E-state index contributed by atoms with van der Waals surface area (Å²) < 4.78 is 5.14. The van der Waals surface area contributed by atoms with E-state index in [2.05, 4.69) is 15.5 Å². The maximum absolute atomic E-state index is 12.3. The van der Waals surface area contributed by atoms with Crippen LogP contribution >= 0.6 is 0 Å². The zero-order valence-electron chi connectivity index (χ0n) is 14.0. The van der Waals surface area contributed by atoms with Crippen molar-refractivity contribution in [3.63, 3.8) is 0 Å². The minimum Gasteiger partial charge on any atom is -0.497 e. The SMILES string of the molecule is COc1cccc(NC(=O)c2ccc(N(C)c3ccccc3)nn2)c1. The lowest BCUT2D eigenvalue weighted by Crippen LogP contribution is -2.16. The lowest BCUT2D eigenvalue weighted by molar-refractivity contribution is 0.102. The van der Waals surface area contributed by atoms with Crippen molar-refractivity contribution < 1.29 is 9.53 Å². The number of hydrogen-bond acceptors (Lipinski definition) is 5. The van der Waals surface area contributed by atoms with E-state index in [1.54, 1.807) is 37.4 Å². The molecule has 0 atom stereocenters. The van der Waals surface area contributed by atoms with Crippen molar-refractivity contribution in [3.05, 3.63) is 72.4 Å². The van der Waals surface area contributed by atoms with Gasteiger partial charge in [-0.25, -0.2) is 0 Å². The molecule has 0 fully saturated rings. The van der Waals surface area contributed by atoms with Gasteiger partial charge in [-0.3, -0.25) is 4.79 Å². The predicted molar refractivity (Wildman–Crippen MR) is 97.5 cm³/mol. The number of aromatic nitrogens is 2. The summed E-state index contributed by atoms with van der Waals surface area (Å²) in [5.74, 6) is 1.00. The van der Waals surface area contributed by atoms with E-state index < -0.39 is 0 Å². The number of methoxy groups -OCH3 is 1. The average Bonchev–Trinajstić information content (AvgIpc) is 2.68. The summed E-state index contributed by atoms with van der Waals surface area (Å²) in [6.07, 6.45) is 0. The number of benzene rings is 2. The van der Waals surface area contributed by atoms with Gasteiger partial charge in [0, 0.05) is 24.5 Å². The van der Waals surface area contributed by atoms with Crippen LogP contribution in [0.5, 0.6) is 5.75 Å². The Bertz CT molecular complexity index is 851. The number of anilines is 3. The molecule has 0 aliphatic rings. The fraction of sp³-hybridized carbons (Fsp3) is 0.105. The highest BCUT2D eigenvalue weighted by Gasteiger charge is 2.11. The molecule has 3 aromatic rings. The monoisotopic (exact) mass is 334 g/mol. The number of para-hydroxylation sites is 1. The molecule has 25 heavy (non-hydrogen) atoms. The summed E-state index contributed by atoms with van der Waals surface area (Å²) >= 11 is 0. The van der Waals surface area contributed by atoms with E-state index >= 15 is 0 Å². The molecule has 0 saturated heterocycles. The highest BCUT2D eigenvalue weighted by Crippen LogP contribution is 2.21. The van der Waals surface area contributed by atoms with Gasteiger partial charge < -0.3 is 15.0 Å². The van der Waals surface area contributed by atoms with E-state index in [9.17, 15) is 4.79 Å². The minimum absolute atomic E-state index is 0.244. The van der Waals surface area contributed by atoms with E-state index in [0.717, 1.165) is 5.69 Å². The van der Waals surface area contributed by atoms with Gasteiger partial charge in [0.05, 0.1) is 7.11 Å². The fourth-order valence-corrected chi connectivity index (χ4v) is 2.31. The molecule has 1 N–H and O–H groups in total. The topological polar surface area (TPSA) is 67.3 Å². The Balaban J connectivity index is 1.72. The summed E-state index contributed by atoms with van der Waals surface area (Å²) in [6, 6.07) is 20.4. The second-order valence-corrected chi connectivity index (χ2v) is 5.36. The molecule has 3 rings (SSSR count). The quantitative estimate of drug-likeness (QED) is 0.773. The van der Waals surface area contributed by atoms with Crippen molar-refractivity contribution in [1.29, 1.82) is 0 Å². The van der Waals surface area contributed by atoms with Gasteiger partial charge in [0.15, 0.2) is 11.5 Å². The Morgan fingerprint density at radius 2 is 1.80 bits per heavy atom. The lowest BCUT2D eigenvalue weighted by atomic mass is 10.2. The smallest absolute Gasteiger partial charge is 0.276 e. The van der Waals surface area contributed by atoms with E-state index in [4.69, 9.17) is 4.74 Å². The number of nitrogens with zero attached hydrogens (tertiary/aromatic N) is 3. The molecule has 0 bridgehead atoms. The molecule has 1 heterocycles. The summed E-state index contributed by atoms with van der Waals surface area (Å²) in [4.78, 5) is 14.2. The van der Waals surface area contributed by atoms with Crippen LogP contribution in [0.25, 0.3) is 0 Å². The number of carbonyl (C=O) groups is 1. The van der Waals surface area contributed by atoms with Gasteiger partial charge in [0.2, 0.25) is 0 Å². The van der Waals surface area contributed by atoms with Crippen molar-refractivity contribution in [2.75, 3.05) is 24.4 Å². The molecule has 0 spiro atoms. The number of rotatable bonds is 5. The number of amides is 1. The van der Waals surface area contributed by atoms with E-state index in [-0.39, 0.29) is 11.6 Å². The van der Waals surface area contributed by atoms with Gasteiger partial charge in [0.25, 0.3) is 5.91 Å². The Morgan fingerprint density at radius 3 is 2.48 bits per heavy atom. The predicted octanol–water partition coefficient (Wildman–Crippen LogP) is 3.51. The Hall–Kier alpha value is -3.41. The standard InChI is InChI=1S/C19H18N4O2/c1-23(15-8-4-3-5-9-15)18-12-11-17(21-22-18)19(24)20-14-7-6-10-16(13-14)25-2/h3-13H,1-2H3,(H,20,24). The van der Waals surface area contributed by atoms with Crippen LogP contribution in [0.15, 0.2) is 66.7 Å². The third kappa shape index (κ3) is 3.92. The number of hydrogen-bond donors (Lipinski definition) is 1. The molecule has 0 radical (unpaired) electrons. The first-order chi connectivity index (χ1) is 12.2. The first-order valence-electron chi connectivity index (χ1n) is 7.75. The lowest BCUT2D eigenvalue weighted by Gasteiger charge is -2.17. The Labute approximate surface area is 146 Å². The third-order valence-corrected chi connectivity index (χ3v) is 3.70. The van der Waals surface area contributed by atoms with Crippen LogP contribution in [-0.4, -0.2) is 30.3 Å².